The van der Waals surface area contributed by atoms with Crippen molar-refractivity contribution in [3.63, 3.8) is 0 Å². The molecule has 0 aromatic heterocycles. The van der Waals surface area contributed by atoms with E-state index < -0.39 is 11.6 Å². The Hall–Kier alpha value is -1.14. The van der Waals surface area contributed by atoms with Gasteiger partial charge in [-0.05, 0) is 12.8 Å². The van der Waals surface area contributed by atoms with Crippen LogP contribution < -0.4 is 11.1 Å². The first-order valence-corrected chi connectivity index (χ1v) is 5.48. The highest BCUT2D eigenvalue weighted by Gasteiger charge is 2.50. The molecule has 6 nitrogen and oxygen atoms in total. The van der Waals surface area contributed by atoms with E-state index in [1.54, 1.807) is 11.9 Å². The van der Waals surface area contributed by atoms with Gasteiger partial charge in [0.25, 0.3) is 0 Å². The molecule has 0 spiro atoms. The van der Waals surface area contributed by atoms with Gasteiger partial charge in [0.05, 0.1) is 18.8 Å². The van der Waals surface area contributed by atoms with Gasteiger partial charge in [-0.25, -0.2) is 0 Å². The number of carbonyl (C=O) groups is 2. The molecule has 1 aliphatic heterocycles. The zero-order valence-corrected chi connectivity index (χ0v) is 9.36. The molecule has 0 aromatic rings. The monoisotopic (exact) mass is 227 g/mol. The van der Waals surface area contributed by atoms with Crippen molar-refractivity contribution in [2.24, 2.45) is 5.73 Å². The summed E-state index contributed by atoms with van der Waals surface area (Å²) < 4.78 is 5.22. The molecule has 1 saturated carbocycles. The van der Waals surface area contributed by atoms with Crippen molar-refractivity contribution in [1.29, 1.82) is 0 Å². The predicted molar refractivity (Wildman–Crippen MR) is 56.5 cm³/mol. The highest BCUT2D eigenvalue weighted by atomic mass is 16.5. The number of ether oxygens (including phenoxy) is 1. The Morgan fingerprint density at radius 3 is 2.75 bits per heavy atom. The second-order valence-electron chi connectivity index (χ2n) is 4.36. The maximum atomic E-state index is 12.1. The average Bonchev–Trinajstić information content (AvgIpc) is 3.06. The smallest absolute Gasteiger partial charge is 0.244 e. The number of carbonyl (C=O) groups excluding carboxylic acids is 2. The van der Waals surface area contributed by atoms with Crippen LogP contribution in [0.5, 0.6) is 0 Å². The molecule has 2 aliphatic rings. The van der Waals surface area contributed by atoms with E-state index in [4.69, 9.17) is 10.5 Å². The minimum atomic E-state index is -0.719. The second-order valence-corrected chi connectivity index (χ2v) is 4.36. The van der Waals surface area contributed by atoms with E-state index in [9.17, 15) is 9.59 Å². The van der Waals surface area contributed by atoms with E-state index in [-0.39, 0.29) is 18.4 Å². The van der Waals surface area contributed by atoms with Gasteiger partial charge in [0, 0.05) is 13.6 Å². The fourth-order valence-electron chi connectivity index (χ4n) is 1.87. The Bertz CT molecular complexity index is 314. The van der Waals surface area contributed by atoms with Crippen LogP contribution in [0.2, 0.25) is 0 Å². The molecule has 1 unspecified atom stereocenters. The van der Waals surface area contributed by atoms with Crippen LogP contribution in [0.25, 0.3) is 0 Å². The van der Waals surface area contributed by atoms with Gasteiger partial charge in [-0.2, -0.15) is 0 Å². The minimum Gasteiger partial charge on any atom is -0.377 e. The van der Waals surface area contributed by atoms with E-state index in [2.05, 4.69) is 5.32 Å². The van der Waals surface area contributed by atoms with E-state index in [0.717, 1.165) is 0 Å². The lowest BCUT2D eigenvalue weighted by Crippen LogP contribution is -2.59. The van der Waals surface area contributed by atoms with Gasteiger partial charge in [0.2, 0.25) is 11.8 Å². The normalized spacial score (nSPS) is 27.4. The first-order chi connectivity index (χ1) is 7.58. The van der Waals surface area contributed by atoms with Gasteiger partial charge < -0.3 is 20.7 Å². The molecule has 1 saturated heterocycles. The van der Waals surface area contributed by atoms with Gasteiger partial charge in [-0.3, -0.25) is 9.59 Å². The number of amides is 2. The Morgan fingerprint density at radius 1 is 1.50 bits per heavy atom. The van der Waals surface area contributed by atoms with Crippen LogP contribution in [0.1, 0.15) is 12.8 Å². The molecule has 1 heterocycles. The third-order valence-electron chi connectivity index (χ3n) is 3.15. The number of likely N-dealkylation sites (N-methyl/N-ethyl adjacent to an activating group) is 1. The third-order valence-corrected chi connectivity index (χ3v) is 3.15. The number of morpholine rings is 1. The van der Waals surface area contributed by atoms with E-state index in [1.807, 2.05) is 0 Å². The van der Waals surface area contributed by atoms with Crippen molar-refractivity contribution in [2.75, 3.05) is 26.8 Å². The molecule has 90 valence electrons. The SMILES string of the molecule is CNC(=O)C1COCCN1C(=O)C1(N)CC1. The number of hydrogen-bond acceptors (Lipinski definition) is 4. The quantitative estimate of drug-likeness (QED) is 0.598. The van der Waals surface area contributed by atoms with E-state index in [1.165, 1.54) is 0 Å². The molecule has 1 atom stereocenters. The third kappa shape index (κ3) is 1.90. The van der Waals surface area contributed by atoms with Crippen LogP contribution in [0, 0.1) is 0 Å². The topological polar surface area (TPSA) is 84.7 Å². The molecule has 2 rings (SSSR count). The van der Waals surface area contributed by atoms with Crippen molar-refractivity contribution in [3.05, 3.63) is 0 Å². The van der Waals surface area contributed by atoms with Crippen molar-refractivity contribution in [2.45, 2.75) is 24.4 Å². The summed E-state index contributed by atoms with van der Waals surface area (Å²) in [6, 6.07) is -0.535. The van der Waals surface area contributed by atoms with Gasteiger partial charge >= 0.3 is 0 Å². The number of nitrogens with one attached hydrogen (secondary N) is 1. The Morgan fingerprint density at radius 2 is 2.19 bits per heavy atom. The molecule has 1 aliphatic carbocycles. The van der Waals surface area contributed by atoms with E-state index >= 15 is 0 Å². The molecule has 16 heavy (non-hydrogen) atoms. The van der Waals surface area contributed by atoms with Crippen LogP contribution in [0.3, 0.4) is 0 Å². The van der Waals surface area contributed by atoms with Gasteiger partial charge in [-0.1, -0.05) is 0 Å². The summed E-state index contributed by atoms with van der Waals surface area (Å²) in [6.45, 7) is 1.16. The summed E-state index contributed by atoms with van der Waals surface area (Å²) in [4.78, 5) is 25.2. The van der Waals surface area contributed by atoms with Crippen molar-refractivity contribution >= 4 is 11.8 Å². The zero-order valence-electron chi connectivity index (χ0n) is 9.36. The van der Waals surface area contributed by atoms with Crippen LogP contribution in [0.4, 0.5) is 0 Å². The van der Waals surface area contributed by atoms with Gasteiger partial charge in [0.15, 0.2) is 0 Å². The molecular formula is C10H17N3O3. The largest absolute Gasteiger partial charge is 0.377 e. The summed E-state index contributed by atoms with van der Waals surface area (Å²) in [5, 5.41) is 2.54. The summed E-state index contributed by atoms with van der Waals surface area (Å²) in [6.07, 6.45) is 1.42. The first-order valence-electron chi connectivity index (χ1n) is 5.48. The predicted octanol–water partition coefficient (Wildman–Crippen LogP) is -1.55. The summed E-state index contributed by atoms with van der Waals surface area (Å²) in [5.41, 5.74) is 5.14. The minimum absolute atomic E-state index is 0.121. The van der Waals surface area contributed by atoms with Crippen molar-refractivity contribution in [3.8, 4) is 0 Å². The fourth-order valence-corrected chi connectivity index (χ4v) is 1.87. The fraction of sp³-hybridized carbons (Fsp3) is 0.800. The zero-order chi connectivity index (χ0) is 11.8. The Labute approximate surface area is 94.1 Å². The molecule has 0 aromatic carbocycles. The van der Waals surface area contributed by atoms with Crippen LogP contribution in [-0.2, 0) is 14.3 Å². The van der Waals surface area contributed by atoms with Gasteiger partial charge in [0.1, 0.15) is 6.04 Å². The van der Waals surface area contributed by atoms with E-state index in [0.29, 0.717) is 26.0 Å². The highest BCUT2D eigenvalue weighted by molar-refractivity contribution is 5.94. The van der Waals surface area contributed by atoms with Crippen molar-refractivity contribution in [1.82, 2.24) is 10.2 Å². The Kier molecular flexibility index (Phi) is 2.86. The first kappa shape index (κ1) is 11.3. The summed E-state index contributed by atoms with van der Waals surface area (Å²) in [7, 11) is 1.55. The number of nitrogens with two attached hydrogens (primary N) is 1. The molecule has 2 fully saturated rings. The van der Waals surface area contributed by atoms with Crippen LogP contribution >= 0.6 is 0 Å². The number of hydrogen-bond donors (Lipinski definition) is 2. The maximum absolute atomic E-state index is 12.1. The van der Waals surface area contributed by atoms with Crippen molar-refractivity contribution < 1.29 is 14.3 Å². The molecule has 2 amide bonds. The lowest BCUT2D eigenvalue weighted by Gasteiger charge is -2.35. The molecule has 0 bridgehead atoms. The average molecular weight is 227 g/mol. The lowest BCUT2D eigenvalue weighted by molar-refractivity contribution is -0.149. The molecule has 3 N–H and O–H groups in total. The maximum Gasteiger partial charge on any atom is 0.244 e. The highest BCUT2D eigenvalue weighted by Crippen LogP contribution is 2.35. The molecular weight excluding hydrogens is 210 g/mol. The number of nitrogens with zero attached hydrogens (tertiary/aromatic N) is 1. The number of rotatable bonds is 2. The van der Waals surface area contributed by atoms with Crippen LogP contribution in [0.15, 0.2) is 0 Å². The summed E-state index contributed by atoms with van der Waals surface area (Å²) >= 11 is 0. The Balaban J connectivity index is 2.10. The lowest BCUT2D eigenvalue weighted by atomic mass is 10.1. The summed E-state index contributed by atoms with van der Waals surface area (Å²) in [5.74, 6) is -0.318. The molecule has 0 radical (unpaired) electrons. The second kappa shape index (κ2) is 4.03. The standard InChI is InChI=1S/C10H17N3O3/c1-12-8(14)7-6-16-5-4-13(7)9(15)10(11)2-3-10/h7H,2-6,11H2,1H3,(H,12,14). The van der Waals surface area contributed by atoms with Gasteiger partial charge in [-0.15, -0.1) is 0 Å². The van der Waals surface area contributed by atoms with Crippen LogP contribution in [-0.4, -0.2) is 55.1 Å². The molecule has 6 heteroatoms.